The van der Waals surface area contributed by atoms with Crippen molar-refractivity contribution in [1.82, 2.24) is 9.97 Å². The van der Waals surface area contributed by atoms with Gasteiger partial charge in [-0.25, -0.2) is 4.79 Å². The van der Waals surface area contributed by atoms with Gasteiger partial charge < -0.3 is 24.8 Å². The summed E-state index contributed by atoms with van der Waals surface area (Å²) in [5, 5.41) is 2.79. The van der Waals surface area contributed by atoms with Crippen LogP contribution in [0.2, 0.25) is 0 Å². The van der Waals surface area contributed by atoms with Gasteiger partial charge in [0.15, 0.2) is 0 Å². The van der Waals surface area contributed by atoms with E-state index in [4.69, 9.17) is 14.5 Å². The lowest BCUT2D eigenvalue weighted by Crippen LogP contribution is -2.23. The molecule has 4 N–H and O–H groups in total. The van der Waals surface area contributed by atoms with E-state index in [1.807, 2.05) is 0 Å². The fourth-order valence-corrected chi connectivity index (χ4v) is 1.46. The Labute approximate surface area is 103 Å². The van der Waals surface area contributed by atoms with Crippen molar-refractivity contribution in [3.63, 3.8) is 0 Å². The molecule has 9 heteroatoms. The summed E-state index contributed by atoms with van der Waals surface area (Å²) in [5.41, 5.74) is -0.494. The van der Waals surface area contributed by atoms with Gasteiger partial charge in [-0.3, -0.25) is 4.57 Å². The first kappa shape index (κ1) is 14.6. The van der Waals surface area contributed by atoms with E-state index in [1.54, 1.807) is 6.07 Å². The molecule has 0 bridgehead atoms. The molecular weight excluding hydrogens is 261 g/mol. The van der Waals surface area contributed by atoms with Gasteiger partial charge >= 0.3 is 13.3 Å². The van der Waals surface area contributed by atoms with Crippen molar-refractivity contribution in [2.24, 2.45) is 0 Å². The van der Waals surface area contributed by atoms with Gasteiger partial charge in [-0.15, -0.1) is 6.58 Å². The Bertz CT molecular complexity index is 497. The number of ether oxygens (including phenoxy) is 1. The molecular formula is C9H14N3O5P. The van der Waals surface area contributed by atoms with Gasteiger partial charge in [-0.2, -0.15) is 4.98 Å². The Kier molecular flexibility index (Phi) is 5.24. The average Bonchev–Trinajstić information content (AvgIpc) is 2.28. The summed E-state index contributed by atoms with van der Waals surface area (Å²) in [5.74, 6) is 0.338. The minimum atomic E-state index is -4.20. The quantitative estimate of drug-likeness (QED) is 0.404. The normalized spacial score (nSPS) is 13.0. The molecule has 1 heterocycles. The molecule has 0 saturated carbocycles. The zero-order valence-electron chi connectivity index (χ0n) is 9.44. The van der Waals surface area contributed by atoms with E-state index in [1.165, 1.54) is 12.3 Å². The molecule has 1 unspecified atom stereocenters. The molecule has 1 atom stereocenters. The van der Waals surface area contributed by atoms with Crippen LogP contribution >= 0.6 is 7.60 Å². The number of rotatable bonds is 7. The first-order valence-corrected chi connectivity index (χ1v) is 6.79. The number of aromatic amines is 1. The van der Waals surface area contributed by atoms with Crippen molar-refractivity contribution in [2.45, 2.75) is 6.10 Å². The van der Waals surface area contributed by atoms with Crippen molar-refractivity contribution in [1.29, 1.82) is 0 Å². The van der Waals surface area contributed by atoms with Gasteiger partial charge in [-0.05, 0) is 6.07 Å². The van der Waals surface area contributed by atoms with Gasteiger partial charge in [0, 0.05) is 12.7 Å². The lowest BCUT2D eigenvalue weighted by atomic mass is 10.3. The Morgan fingerprint density at radius 1 is 1.67 bits per heavy atom. The highest BCUT2D eigenvalue weighted by Gasteiger charge is 2.16. The van der Waals surface area contributed by atoms with E-state index in [9.17, 15) is 9.36 Å². The maximum atomic E-state index is 10.9. The smallest absolute Gasteiger partial charge is 0.351 e. The van der Waals surface area contributed by atoms with Crippen LogP contribution in [0.3, 0.4) is 0 Å². The molecule has 1 aromatic rings. The van der Waals surface area contributed by atoms with E-state index < -0.39 is 25.7 Å². The maximum Gasteiger partial charge on any atom is 0.351 e. The lowest BCUT2D eigenvalue weighted by Gasteiger charge is -2.15. The van der Waals surface area contributed by atoms with Gasteiger partial charge in [0.1, 0.15) is 12.2 Å². The molecule has 1 rings (SSSR count). The fraction of sp³-hybridized carbons (Fsp3) is 0.333. The molecule has 0 fully saturated rings. The fourth-order valence-electron chi connectivity index (χ4n) is 1.08. The van der Waals surface area contributed by atoms with Crippen LogP contribution in [0.4, 0.5) is 5.82 Å². The highest BCUT2D eigenvalue weighted by atomic mass is 31.2. The first-order valence-electron chi connectivity index (χ1n) is 4.99. The van der Waals surface area contributed by atoms with E-state index in [2.05, 4.69) is 21.9 Å². The summed E-state index contributed by atoms with van der Waals surface area (Å²) in [4.78, 5) is 34.2. The molecule has 0 radical (unpaired) electrons. The molecule has 8 nitrogen and oxygen atoms in total. The minimum absolute atomic E-state index is 0.194. The van der Waals surface area contributed by atoms with Crippen LogP contribution in [0.5, 0.6) is 0 Å². The molecule has 0 saturated heterocycles. The van der Waals surface area contributed by atoms with Gasteiger partial charge in [-0.1, -0.05) is 6.08 Å². The summed E-state index contributed by atoms with van der Waals surface area (Å²) in [6.07, 6.45) is 1.54. The Morgan fingerprint density at radius 2 is 2.39 bits per heavy atom. The molecule has 0 aliphatic heterocycles. The number of aromatic nitrogens is 2. The molecule has 0 spiro atoms. The standard InChI is InChI=1S/C9H14N3O5P/c1-2-7(17-6-18(14,15)16)5-11-8-3-4-10-9(13)12-8/h2-4,7H,1,5-6H2,(H2,14,15,16)(H2,10,11,12,13). The van der Waals surface area contributed by atoms with Gasteiger partial charge in [0.2, 0.25) is 0 Å². The predicted octanol–water partition coefficient (Wildman–Crippen LogP) is -0.112. The van der Waals surface area contributed by atoms with E-state index >= 15 is 0 Å². The lowest BCUT2D eigenvalue weighted by molar-refractivity contribution is 0.117. The molecule has 1 aromatic heterocycles. The topological polar surface area (TPSA) is 125 Å². The SMILES string of the molecule is C=CC(CNc1cc[nH]c(=O)n1)OCP(=O)(O)O. The number of hydrogen-bond donors (Lipinski definition) is 4. The summed E-state index contributed by atoms with van der Waals surface area (Å²) < 4.78 is 15.6. The second-order valence-electron chi connectivity index (χ2n) is 3.40. The summed E-state index contributed by atoms with van der Waals surface area (Å²) in [6.45, 7) is 3.68. The minimum Gasteiger partial charge on any atom is -0.367 e. The largest absolute Gasteiger partial charge is 0.367 e. The van der Waals surface area contributed by atoms with Crippen LogP contribution < -0.4 is 11.0 Å². The highest BCUT2D eigenvalue weighted by Crippen LogP contribution is 2.34. The summed E-state index contributed by atoms with van der Waals surface area (Å²) in [7, 11) is -4.20. The van der Waals surface area contributed by atoms with E-state index in [-0.39, 0.29) is 6.54 Å². The third kappa shape index (κ3) is 5.74. The van der Waals surface area contributed by atoms with Crippen molar-refractivity contribution in [2.75, 3.05) is 18.2 Å². The number of nitrogens with zero attached hydrogens (tertiary/aromatic N) is 1. The van der Waals surface area contributed by atoms with Crippen molar-refractivity contribution < 1.29 is 19.1 Å². The third-order valence-electron chi connectivity index (χ3n) is 1.87. The number of anilines is 1. The zero-order chi connectivity index (χ0) is 13.6. The van der Waals surface area contributed by atoms with Gasteiger partial charge in [0.05, 0.1) is 6.10 Å². The van der Waals surface area contributed by atoms with Crippen LogP contribution in [-0.4, -0.2) is 38.8 Å². The Balaban J connectivity index is 2.47. The summed E-state index contributed by atoms with van der Waals surface area (Å²) in [6, 6.07) is 1.55. The van der Waals surface area contributed by atoms with Crippen molar-refractivity contribution in [3.8, 4) is 0 Å². The van der Waals surface area contributed by atoms with Crippen molar-refractivity contribution >= 4 is 13.4 Å². The van der Waals surface area contributed by atoms with E-state index in [0.717, 1.165) is 0 Å². The van der Waals surface area contributed by atoms with E-state index in [0.29, 0.717) is 5.82 Å². The number of H-pyrrole nitrogens is 1. The average molecular weight is 275 g/mol. The van der Waals surface area contributed by atoms with Crippen LogP contribution in [0.1, 0.15) is 0 Å². The molecule has 0 aliphatic rings. The maximum absolute atomic E-state index is 10.9. The van der Waals surface area contributed by atoms with Crippen molar-refractivity contribution in [3.05, 3.63) is 35.4 Å². The summed E-state index contributed by atoms with van der Waals surface area (Å²) >= 11 is 0. The first-order chi connectivity index (χ1) is 8.40. The third-order valence-corrected chi connectivity index (χ3v) is 2.36. The zero-order valence-corrected chi connectivity index (χ0v) is 10.3. The van der Waals surface area contributed by atoms with Crippen LogP contribution in [0.25, 0.3) is 0 Å². The van der Waals surface area contributed by atoms with Crippen LogP contribution in [0, 0.1) is 0 Å². The Morgan fingerprint density at radius 3 is 2.94 bits per heavy atom. The molecule has 0 aliphatic carbocycles. The second-order valence-corrected chi connectivity index (χ2v) is 4.98. The molecule has 0 aromatic carbocycles. The van der Waals surface area contributed by atoms with Crippen LogP contribution in [-0.2, 0) is 9.30 Å². The molecule has 100 valence electrons. The highest BCUT2D eigenvalue weighted by molar-refractivity contribution is 7.51. The molecule has 18 heavy (non-hydrogen) atoms. The monoisotopic (exact) mass is 275 g/mol. The predicted molar refractivity (Wildman–Crippen MR) is 65.3 cm³/mol. The molecule has 0 amide bonds. The number of hydrogen-bond acceptors (Lipinski definition) is 5. The number of nitrogens with one attached hydrogen (secondary N) is 2. The van der Waals surface area contributed by atoms with Crippen LogP contribution in [0.15, 0.2) is 29.7 Å². The van der Waals surface area contributed by atoms with Gasteiger partial charge in [0.25, 0.3) is 0 Å². The Hall–Kier alpha value is -1.47. The second kappa shape index (κ2) is 6.46.